The van der Waals surface area contributed by atoms with Crippen molar-refractivity contribution in [2.75, 3.05) is 7.05 Å². The van der Waals surface area contributed by atoms with Crippen LogP contribution in [-0.4, -0.2) is 18.2 Å². The number of nitrogens with one attached hydrogen (secondary N) is 2. The average Bonchev–Trinajstić information content (AvgIpc) is 2.55. The number of aryl methyl sites for hydroxylation is 1. The molecular weight excluding hydrogens is 229 g/mol. The number of aromatic amines is 1. The molecular formula is C12H13F3N2. The summed E-state index contributed by atoms with van der Waals surface area (Å²) >= 11 is 0. The predicted octanol–water partition coefficient (Wildman–Crippen LogP) is 3.30. The molecule has 0 saturated heterocycles. The fraction of sp³-hybridized carbons (Fsp3) is 0.333. The summed E-state index contributed by atoms with van der Waals surface area (Å²) in [6.07, 6.45) is -4.30. The van der Waals surface area contributed by atoms with Gasteiger partial charge in [0.15, 0.2) is 0 Å². The Balaban J connectivity index is 2.65. The third kappa shape index (κ3) is 2.02. The lowest BCUT2D eigenvalue weighted by Gasteiger charge is -2.20. The van der Waals surface area contributed by atoms with E-state index in [1.54, 1.807) is 31.2 Å². The topological polar surface area (TPSA) is 27.8 Å². The van der Waals surface area contributed by atoms with Crippen LogP contribution in [0.1, 0.15) is 17.3 Å². The van der Waals surface area contributed by atoms with Gasteiger partial charge in [-0.2, -0.15) is 13.2 Å². The van der Waals surface area contributed by atoms with Crippen molar-refractivity contribution in [1.29, 1.82) is 0 Å². The normalized spacial score (nSPS) is 14.2. The standard InChI is InChI=1S/C12H13F3N2/c1-7-10(11(16-2)12(13,14)15)8-5-3-4-6-9(8)17-7/h3-6,11,16-17H,1-2H3. The van der Waals surface area contributed by atoms with Gasteiger partial charge < -0.3 is 10.3 Å². The monoisotopic (exact) mass is 242 g/mol. The molecule has 92 valence electrons. The Hall–Kier alpha value is -1.49. The molecule has 2 N–H and O–H groups in total. The smallest absolute Gasteiger partial charge is 0.358 e. The maximum atomic E-state index is 12.9. The number of hydrogen-bond acceptors (Lipinski definition) is 1. The third-order valence-corrected chi connectivity index (χ3v) is 2.85. The molecule has 1 unspecified atom stereocenters. The zero-order chi connectivity index (χ0) is 12.6. The molecule has 2 nitrogen and oxygen atoms in total. The van der Waals surface area contributed by atoms with E-state index in [0.717, 1.165) is 5.52 Å². The van der Waals surface area contributed by atoms with Gasteiger partial charge in [-0.3, -0.25) is 0 Å². The second-order valence-electron chi connectivity index (χ2n) is 3.97. The fourth-order valence-corrected chi connectivity index (χ4v) is 2.14. The van der Waals surface area contributed by atoms with Crippen LogP contribution in [0, 0.1) is 6.92 Å². The maximum Gasteiger partial charge on any atom is 0.407 e. The van der Waals surface area contributed by atoms with Crippen molar-refractivity contribution in [2.24, 2.45) is 0 Å². The SMILES string of the molecule is CNC(c1c(C)[nH]c2ccccc12)C(F)(F)F. The van der Waals surface area contributed by atoms with Gasteiger partial charge in [0.1, 0.15) is 6.04 Å². The van der Waals surface area contributed by atoms with Gasteiger partial charge in [-0.1, -0.05) is 18.2 Å². The summed E-state index contributed by atoms with van der Waals surface area (Å²) in [6.45, 7) is 1.66. The Kier molecular flexibility index (Phi) is 2.87. The quantitative estimate of drug-likeness (QED) is 0.830. The molecule has 0 bridgehead atoms. The van der Waals surface area contributed by atoms with Crippen LogP contribution in [0.25, 0.3) is 10.9 Å². The van der Waals surface area contributed by atoms with E-state index in [-0.39, 0.29) is 5.56 Å². The Morgan fingerprint density at radius 1 is 1.24 bits per heavy atom. The van der Waals surface area contributed by atoms with Gasteiger partial charge in [-0.15, -0.1) is 0 Å². The second-order valence-corrected chi connectivity index (χ2v) is 3.97. The number of halogens is 3. The predicted molar refractivity (Wildman–Crippen MR) is 60.9 cm³/mol. The van der Waals surface area contributed by atoms with Crippen LogP contribution in [0.2, 0.25) is 0 Å². The fourth-order valence-electron chi connectivity index (χ4n) is 2.14. The second kappa shape index (κ2) is 4.07. The number of rotatable bonds is 2. The molecule has 2 rings (SSSR count). The number of fused-ring (bicyclic) bond motifs is 1. The molecule has 2 aromatic rings. The minimum atomic E-state index is -4.30. The van der Waals surface area contributed by atoms with E-state index >= 15 is 0 Å². The number of hydrogen-bond donors (Lipinski definition) is 2. The van der Waals surface area contributed by atoms with Crippen molar-refractivity contribution >= 4 is 10.9 Å². The van der Waals surface area contributed by atoms with Gasteiger partial charge in [0.05, 0.1) is 0 Å². The Morgan fingerprint density at radius 2 is 1.88 bits per heavy atom. The summed E-state index contributed by atoms with van der Waals surface area (Å²) in [4.78, 5) is 2.97. The van der Waals surface area contributed by atoms with Crippen LogP contribution in [0.4, 0.5) is 13.2 Å². The van der Waals surface area contributed by atoms with Crippen LogP contribution in [0.3, 0.4) is 0 Å². The van der Waals surface area contributed by atoms with Crippen molar-refractivity contribution < 1.29 is 13.2 Å². The Morgan fingerprint density at radius 3 is 2.47 bits per heavy atom. The first-order valence-corrected chi connectivity index (χ1v) is 5.26. The van der Waals surface area contributed by atoms with Crippen LogP contribution in [0.15, 0.2) is 24.3 Å². The largest absolute Gasteiger partial charge is 0.407 e. The molecule has 0 aliphatic heterocycles. The number of H-pyrrole nitrogens is 1. The van der Waals surface area contributed by atoms with Gasteiger partial charge in [0, 0.05) is 22.2 Å². The van der Waals surface area contributed by atoms with Crippen LogP contribution in [-0.2, 0) is 0 Å². The van der Waals surface area contributed by atoms with Gasteiger partial charge in [0.25, 0.3) is 0 Å². The lowest BCUT2D eigenvalue weighted by Crippen LogP contribution is -2.32. The molecule has 0 fully saturated rings. The molecule has 17 heavy (non-hydrogen) atoms. The van der Waals surface area contributed by atoms with Gasteiger partial charge >= 0.3 is 6.18 Å². The molecule has 0 spiro atoms. The molecule has 0 aliphatic rings. The molecule has 0 saturated carbocycles. The van der Waals surface area contributed by atoms with E-state index in [1.807, 2.05) is 0 Å². The molecule has 1 aromatic heterocycles. The highest BCUT2D eigenvalue weighted by molar-refractivity contribution is 5.85. The first kappa shape index (κ1) is 12.0. The van der Waals surface area contributed by atoms with Gasteiger partial charge in [-0.25, -0.2) is 0 Å². The van der Waals surface area contributed by atoms with E-state index in [0.29, 0.717) is 11.1 Å². The number of benzene rings is 1. The first-order chi connectivity index (χ1) is 7.95. The van der Waals surface area contributed by atoms with Crippen molar-refractivity contribution in [3.8, 4) is 0 Å². The van der Waals surface area contributed by atoms with Crippen molar-refractivity contribution in [1.82, 2.24) is 10.3 Å². The van der Waals surface area contributed by atoms with E-state index in [9.17, 15) is 13.2 Å². The van der Waals surface area contributed by atoms with Crippen LogP contribution in [0.5, 0.6) is 0 Å². The molecule has 1 aromatic carbocycles. The summed E-state index contributed by atoms with van der Waals surface area (Å²) in [5.41, 5.74) is 1.54. The van der Waals surface area contributed by atoms with Crippen molar-refractivity contribution in [3.05, 3.63) is 35.5 Å². The van der Waals surface area contributed by atoms with E-state index in [2.05, 4.69) is 10.3 Å². The highest BCUT2D eigenvalue weighted by Gasteiger charge is 2.41. The summed E-state index contributed by atoms with van der Waals surface area (Å²) in [5, 5.41) is 2.95. The molecule has 1 atom stereocenters. The zero-order valence-electron chi connectivity index (χ0n) is 9.52. The summed E-state index contributed by atoms with van der Waals surface area (Å²) in [7, 11) is 1.32. The maximum absolute atomic E-state index is 12.9. The lowest BCUT2D eigenvalue weighted by molar-refractivity contribution is -0.156. The minimum absolute atomic E-state index is 0.274. The lowest BCUT2D eigenvalue weighted by atomic mass is 10.0. The summed E-state index contributed by atoms with van der Waals surface area (Å²) < 4.78 is 38.7. The van der Waals surface area contributed by atoms with E-state index in [4.69, 9.17) is 0 Å². The highest BCUT2D eigenvalue weighted by Crippen LogP contribution is 2.37. The molecule has 0 radical (unpaired) electrons. The molecule has 0 amide bonds. The van der Waals surface area contributed by atoms with Crippen molar-refractivity contribution in [2.45, 2.75) is 19.1 Å². The van der Waals surface area contributed by atoms with Crippen LogP contribution < -0.4 is 5.32 Å². The van der Waals surface area contributed by atoms with Gasteiger partial charge in [-0.05, 0) is 20.0 Å². The molecule has 0 aliphatic carbocycles. The zero-order valence-corrected chi connectivity index (χ0v) is 9.52. The minimum Gasteiger partial charge on any atom is -0.358 e. The van der Waals surface area contributed by atoms with Crippen LogP contribution >= 0.6 is 0 Å². The molecule has 5 heteroatoms. The Bertz CT molecular complexity index is 528. The first-order valence-electron chi connectivity index (χ1n) is 5.26. The highest BCUT2D eigenvalue weighted by atomic mass is 19.4. The summed E-state index contributed by atoms with van der Waals surface area (Å²) in [5.74, 6) is 0. The summed E-state index contributed by atoms with van der Waals surface area (Å²) in [6, 6.07) is 5.37. The third-order valence-electron chi connectivity index (χ3n) is 2.85. The number of para-hydroxylation sites is 1. The van der Waals surface area contributed by atoms with Crippen molar-refractivity contribution in [3.63, 3.8) is 0 Å². The Labute approximate surface area is 96.8 Å². The number of alkyl halides is 3. The van der Waals surface area contributed by atoms with E-state index in [1.165, 1.54) is 7.05 Å². The average molecular weight is 242 g/mol. The van der Waals surface area contributed by atoms with Gasteiger partial charge in [0.2, 0.25) is 0 Å². The number of aromatic nitrogens is 1. The van der Waals surface area contributed by atoms with E-state index < -0.39 is 12.2 Å². The molecule has 1 heterocycles.